The minimum Gasteiger partial charge on any atom is -0.300 e. The van der Waals surface area contributed by atoms with Crippen molar-refractivity contribution in [3.05, 3.63) is 16.4 Å². The summed E-state index contributed by atoms with van der Waals surface area (Å²) < 4.78 is 2.97. The number of hydrogen-bond acceptors (Lipinski definition) is 4. The summed E-state index contributed by atoms with van der Waals surface area (Å²) in [6.07, 6.45) is 6.96. The van der Waals surface area contributed by atoms with E-state index in [0.29, 0.717) is 5.92 Å². The highest BCUT2D eigenvalue weighted by atomic mass is 79.9. The topological polar surface area (TPSA) is 59.1 Å². The molecule has 1 aromatic heterocycles. The van der Waals surface area contributed by atoms with Crippen LogP contribution in [0.5, 0.6) is 0 Å². The third-order valence-electron chi connectivity index (χ3n) is 5.02. The Morgan fingerprint density at radius 3 is 2.47 bits per heavy atom. The monoisotopic (exact) mass is 327 g/mol. The summed E-state index contributed by atoms with van der Waals surface area (Å²) in [6.45, 7) is 0. The molecule has 1 aromatic rings. The number of halogens is 1. The molecule has 5 nitrogen and oxygen atoms in total. The van der Waals surface area contributed by atoms with Gasteiger partial charge in [-0.05, 0) is 54.6 Å². The van der Waals surface area contributed by atoms with Gasteiger partial charge < -0.3 is 4.90 Å². The first kappa shape index (κ1) is 13.5. The van der Waals surface area contributed by atoms with Gasteiger partial charge in [-0.15, -0.1) is 0 Å². The van der Waals surface area contributed by atoms with Gasteiger partial charge in [0.1, 0.15) is 0 Å². The van der Waals surface area contributed by atoms with Gasteiger partial charge in [-0.25, -0.2) is 0 Å². The van der Waals surface area contributed by atoms with Crippen LogP contribution >= 0.6 is 15.9 Å². The van der Waals surface area contributed by atoms with E-state index in [1.54, 1.807) is 0 Å². The second kappa shape index (κ2) is 5.16. The molecule has 3 unspecified atom stereocenters. The van der Waals surface area contributed by atoms with E-state index in [2.05, 4.69) is 38.4 Å². The van der Waals surface area contributed by atoms with Gasteiger partial charge in [-0.2, -0.15) is 5.10 Å². The summed E-state index contributed by atoms with van der Waals surface area (Å²) in [6, 6.07) is 1.64. The van der Waals surface area contributed by atoms with Crippen LogP contribution in [-0.4, -0.2) is 33.8 Å². The Kier molecular flexibility index (Phi) is 3.68. The lowest BCUT2D eigenvalue weighted by Crippen LogP contribution is -2.45. The number of fused-ring (bicyclic) bond motifs is 2. The largest absolute Gasteiger partial charge is 0.300 e. The van der Waals surface area contributed by atoms with Crippen LogP contribution in [0.3, 0.4) is 0 Å². The van der Waals surface area contributed by atoms with Gasteiger partial charge in [0.2, 0.25) is 0 Å². The molecule has 0 aromatic carbocycles. The average molecular weight is 328 g/mol. The molecule has 2 fully saturated rings. The molecule has 2 aliphatic rings. The van der Waals surface area contributed by atoms with Crippen molar-refractivity contribution >= 4 is 15.9 Å². The molecule has 0 amide bonds. The normalized spacial score (nSPS) is 32.7. The molecule has 6 heteroatoms. The molecule has 0 saturated carbocycles. The van der Waals surface area contributed by atoms with Crippen LogP contribution in [0.1, 0.15) is 37.4 Å². The SMILES string of the molecule is CN1C2CCC1CC(C(NN)c1c(Br)cnn1C)C2. The molecule has 2 bridgehead atoms. The maximum Gasteiger partial charge on any atom is 0.0708 e. The van der Waals surface area contributed by atoms with E-state index in [0.717, 1.165) is 22.3 Å². The third-order valence-corrected chi connectivity index (χ3v) is 5.63. The van der Waals surface area contributed by atoms with Gasteiger partial charge in [-0.1, -0.05) is 0 Å². The zero-order valence-electron chi connectivity index (χ0n) is 11.5. The van der Waals surface area contributed by atoms with Crippen LogP contribution in [0.25, 0.3) is 0 Å². The second-order valence-corrected chi connectivity index (χ2v) is 6.78. The average Bonchev–Trinajstić information content (AvgIpc) is 2.81. The molecule has 2 saturated heterocycles. The molecule has 2 aliphatic heterocycles. The number of piperidine rings is 1. The predicted octanol–water partition coefficient (Wildman–Crippen LogP) is 1.56. The number of aromatic nitrogens is 2. The lowest BCUT2D eigenvalue weighted by Gasteiger charge is -2.39. The fraction of sp³-hybridized carbons (Fsp3) is 0.769. The van der Waals surface area contributed by atoms with Crippen LogP contribution in [0, 0.1) is 5.92 Å². The minimum atomic E-state index is 0.179. The Labute approximate surface area is 122 Å². The van der Waals surface area contributed by atoms with E-state index in [1.165, 1.54) is 25.7 Å². The summed E-state index contributed by atoms with van der Waals surface area (Å²) in [5.41, 5.74) is 4.19. The molecular weight excluding hydrogens is 306 g/mol. The Morgan fingerprint density at radius 1 is 1.37 bits per heavy atom. The van der Waals surface area contributed by atoms with Crippen LogP contribution in [0.2, 0.25) is 0 Å². The summed E-state index contributed by atoms with van der Waals surface area (Å²) in [4.78, 5) is 2.56. The first-order valence-corrected chi connectivity index (χ1v) is 7.76. The molecule has 0 radical (unpaired) electrons. The van der Waals surface area contributed by atoms with E-state index in [1.807, 2.05) is 17.9 Å². The maximum atomic E-state index is 5.85. The Bertz CT molecular complexity index is 426. The molecular formula is C13H22BrN5. The number of aryl methyl sites for hydroxylation is 1. The van der Waals surface area contributed by atoms with Crippen molar-refractivity contribution in [3.63, 3.8) is 0 Å². The van der Waals surface area contributed by atoms with Gasteiger partial charge in [-0.3, -0.25) is 16.0 Å². The second-order valence-electron chi connectivity index (χ2n) is 5.93. The standard InChI is InChI=1S/C13H22BrN5/c1-18-9-3-4-10(18)6-8(5-9)12(17-15)13-11(14)7-16-19(13)2/h7-10,12,17H,3-6,15H2,1-2H3. The van der Waals surface area contributed by atoms with Gasteiger partial charge in [0.25, 0.3) is 0 Å². The van der Waals surface area contributed by atoms with Crippen molar-refractivity contribution in [3.8, 4) is 0 Å². The zero-order chi connectivity index (χ0) is 13.6. The van der Waals surface area contributed by atoms with Crippen LogP contribution in [-0.2, 0) is 7.05 Å². The minimum absolute atomic E-state index is 0.179. The summed E-state index contributed by atoms with van der Waals surface area (Å²) in [5.74, 6) is 6.44. The number of hydrogen-bond donors (Lipinski definition) is 2. The molecule has 19 heavy (non-hydrogen) atoms. The predicted molar refractivity (Wildman–Crippen MR) is 78.3 cm³/mol. The fourth-order valence-corrected chi connectivity index (χ4v) is 4.53. The number of hydrazine groups is 1. The highest BCUT2D eigenvalue weighted by Crippen LogP contribution is 2.43. The number of nitrogens with two attached hydrogens (primary N) is 1. The first-order chi connectivity index (χ1) is 9.11. The third kappa shape index (κ3) is 2.24. The molecule has 0 aliphatic carbocycles. The van der Waals surface area contributed by atoms with E-state index >= 15 is 0 Å². The van der Waals surface area contributed by atoms with Gasteiger partial charge in [0.15, 0.2) is 0 Å². The fourth-order valence-electron chi connectivity index (χ4n) is 3.93. The van der Waals surface area contributed by atoms with Crippen molar-refractivity contribution in [2.45, 2.75) is 43.8 Å². The zero-order valence-corrected chi connectivity index (χ0v) is 13.1. The maximum absolute atomic E-state index is 5.85. The first-order valence-electron chi connectivity index (χ1n) is 6.97. The van der Waals surface area contributed by atoms with Gasteiger partial charge >= 0.3 is 0 Å². The molecule has 3 rings (SSSR count). The Balaban J connectivity index is 1.84. The number of nitrogens with zero attached hydrogens (tertiary/aromatic N) is 3. The van der Waals surface area contributed by atoms with Crippen molar-refractivity contribution in [1.29, 1.82) is 0 Å². The molecule has 3 N–H and O–H groups in total. The molecule has 3 heterocycles. The van der Waals surface area contributed by atoms with E-state index in [4.69, 9.17) is 5.84 Å². The van der Waals surface area contributed by atoms with Crippen molar-refractivity contribution in [1.82, 2.24) is 20.1 Å². The Morgan fingerprint density at radius 2 is 2.00 bits per heavy atom. The summed E-state index contributed by atoms with van der Waals surface area (Å²) in [7, 11) is 4.25. The van der Waals surface area contributed by atoms with Crippen LogP contribution < -0.4 is 11.3 Å². The van der Waals surface area contributed by atoms with Crippen molar-refractivity contribution < 1.29 is 0 Å². The Hall–Kier alpha value is -0.430. The van der Waals surface area contributed by atoms with Crippen LogP contribution in [0.4, 0.5) is 0 Å². The van der Waals surface area contributed by atoms with Gasteiger partial charge in [0.05, 0.1) is 22.4 Å². The molecule has 106 valence electrons. The lowest BCUT2D eigenvalue weighted by atomic mass is 9.84. The van der Waals surface area contributed by atoms with E-state index < -0.39 is 0 Å². The highest BCUT2D eigenvalue weighted by Gasteiger charge is 2.42. The highest BCUT2D eigenvalue weighted by molar-refractivity contribution is 9.10. The number of nitrogens with one attached hydrogen (secondary N) is 1. The summed E-state index contributed by atoms with van der Waals surface area (Å²) in [5, 5.41) is 4.31. The van der Waals surface area contributed by atoms with Gasteiger partial charge in [0, 0.05) is 19.1 Å². The van der Waals surface area contributed by atoms with Crippen molar-refractivity contribution in [2.24, 2.45) is 18.8 Å². The number of rotatable bonds is 3. The lowest BCUT2D eigenvalue weighted by molar-refractivity contribution is 0.110. The van der Waals surface area contributed by atoms with Crippen molar-refractivity contribution in [2.75, 3.05) is 7.05 Å². The molecule has 3 atom stereocenters. The quantitative estimate of drug-likeness (QED) is 0.653. The van der Waals surface area contributed by atoms with E-state index in [-0.39, 0.29) is 6.04 Å². The summed E-state index contributed by atoms with van der Waals surface area (Å²) >= 11 is 3.59. The molecule has 0 spiro atoms. The van der Waals surface area contributed by atoms with E-state index in [9.17, 15) is 0 Å². The van der Waals surface area contributed by atoms with Crippen LogP contribution in [0.15, 0.2) is 10.7 Å². The smallest absolute Gasteiger partial charge is 0.0708 e.